The van der Waals surface area contributed by atoms with Gasteiger partial charge in [-0.15, -0.1) is 0 Å². The molecule has 3 heteroatoms. The van der Waals surface area contributed by atoms with Crippen molar-refractivity contribution in [3.63, 3.8) is 0 Å². The number of nitrogens with one attached hydrogen (secondary N) is 1. The summed E-state index contributed by atoms with van der Waals surface area (Å²) in [6, 6.07) is 8.12. The Kier molecular flexibility index (Phi) is 3.33. The zero-order valence-corrected chi connectivity index (χ0v) is 10.5. The predicted molar refractivity (Wildman–Crippen MR) is 69.1 cm³/mol. The summed E-state index contributed by atoms with van der Waals surface area (Å²) in [5.74, 6) is -0.0728. The lowest BCUT2D eigenvalue weighted by molar-refractivity contribution is -0.151. The van der Waals surface area contributed by atoms with Crippen LogP contribution in [0.5, 0.6) is 0 Å². The Morgan fingerprint density at radius 3 is 2.67 bits per heavy atom. The smallest absolute Gasteiger partial charge is 0.323 e. The average Bonchev–Trinajstić information content (AvgIpc) is 2.91. The number of carbonyl (C=O) groups is 1. The van der Waals surface area contributed by atoms with Crippen LogP contribution in [0.1, 0.15) is 36.8 Å². The molecule has 1 heterocycles. The Balaban J connectivity index is 1.62. The van der Waals surface area contributed by atoms with E-state index >= 15 is 0 Å². The fourth-order valence-corrected chi connectivity index (χ4v) is 2.87. The summed E-state index contributed by atoms with van der Waals surface area (Å²) < 4.78 is 5.56. The van der Waals surface area contributed by atoms with Crippen molar-refractivity contribution < 1.29 is 9.53 Å². The van der Waals surface area contributed by atoms with Crippen molar-refractivity contribution in [3.05, 3.63) is 35.4 Å². The van der Waals surface area contributed by atoms with Crippen LogP contribution < -0.4 is 5.32 Å². The van der Waals surface area contributed by atoms with Gasteiger partial charge in [0.15, 0.2) is 0 Å². The zero-order chi connectivity index (χ0) is 12.4. The van der Waals surface area contributed by atoms with Crippen LogP contribution in [0.25, 0.3) is 0 Å². The highest BCUT2D eigenvalue weighted by Gasteiger charge is 2.28. The first-order valence-electron chi connectivity index (χ1n) is 6.83. The van der Waals surface area contributed by atoms with Gasteiger partial charge < -0.3 is 10.1 Å². The minimum atomic E-state index is -0.166. The number of rotatable bonds is 2. The fraction of sp³-hybridized carbons (Fsp3) is 0.533. The van der Waals surface area contributed by atoms with Crippen molar-refractivity contribution in [2.24, 2.45) is 0 Å². The third-order valence-corrected chi connectivity index (χ3v) is 3.95. The molecule has 0 bridgehead atoms. The van der Waals surface area contributed by atoms with Crippen LogP contribution in [0.15, 0.2) is 24.3 Å². The first-order valence-corrected chi connectivity index (χ1v) is 6.83. The highest BCUT2D eigenvalue weighted by atomic mass is 16.5. The lowest BCUT2D eigenvalue weighted by Gasteiger charge is -2.25. The summed E-state index contributed by atoms with van der Waals surface area (Å²) in [5.41, 5.74) is 2.56. The van der Waals surface area contributed by atoms with Crippen molar-refractivity contribution in [1.82, 2.24) is 5.32 Å². The van der Waals surface area contributed by atoms with Crippen molar-refractivity contribution in [3.8, 4) is 0 Å². The molecule has 2 aliphatic rings. The van der Waals surface area contributed by atoms with Gasteiger partial charge in [0, 0.05) is 6.54 Å². The number of ether oxygens (including phenoxy) is 1. The quantitative estimate of drug-likeness (QED) is 0.812. The van der Waals surface area contributed by atoms with Crippen LogP contribution in [0.3, 0.4) is 0 Å². The van der Waals surface area contributed by atoms with Gasteiger partial charge in [0.1, 0.15) is 12.1 Å². The monoisotopic (exact) mass is 245 g/mol. The van der Waals surface area contributed by atoms with E-state index in [2.05, 4.69) is 17.4 Å². The Morgan fingerprint density at radius 2 is 1.89 bits per heavy atom. The van der Waals surface area contributed by atoms with Crippen LogP contribution in [-0.4, -0.2) is 18.1 Å². The Hall–Kier alpha value is -1.35. The average molecular weight is 245 g/mol. The Morgan fingerprint density at radius 1 is 1.17 bits per heavy atom. The van der Waals surface area contributed by atoms with Crippen molar-refractivity contribution in [2.75, 3.05) is 0 Å². The van der Waals surface area contributed by atoms with Gasteiger partial charge in [-0.1, -0.05) is 24.3 Å². The highest BCUT2D eigenvalue weighted by Crippen LogP contribution is 2.23. The molecule has 1 N–H and O–H groups in total. The molecule has 0 unspecified atom stereocenters. The van der Waals surface area contributed by atoms with Gasteiger partial charge >= 0.3 is 5.97 Å². The van der Waals surface area contributed by atoms with Gasteiger partial charge in [-0.3, -0.25) is 4.79 Å². The molecule has 1 saturated carbocycles. The molecule has 1 aliphatic carbocycles. The van der Waals surface area contributed by atoms with Gasteiger partial charge in [-0.05, 0) is 43.2 Å². The van der Waals surface area contributed by atoms with Gasteiger partial charge in [-0.25, -0.2) is 0 Å². The minimum absolute atomic E-state index is 0.0728. The molecule has 1 fully saturated rings. The Bertz CT molecular complexity index is 438. The largest absolute Gasteiger partial charge is 0.461 e. The summed E-state index contributed by atoms with van der Waals surface area (Å²) in [6.07, 6.45) is 5.38. The molecule has 0 spiro atoms. The predicted octanol–water partition coefficient (Wildman–Crippen LogP) is 2.19. The molecular formula is C15H19NO2. The molecular weight excluding hydrogens is 226 g/mol. The van der Waals surface area contributed by atoms with Crippen LogP contribution in [0.4, 0.5) is 0 Å². The first kappa shape index (κ1) is 11.7. The molecule has 96 valence electrons. The first-order chi connectivity index (χ1) is 8.83. The maximum absolute atomic E-state index is 12.1. The number of carbonyl (C=O) groups excluding carboxylic acids is 1. The Labute approximate surface area is 108 Å². The molecule has 0 aromatic heterocycles. The van der Waals surface area contributed by atoms with E-state index in [0.29, 0.717) is 0 Å². The second-order valence-electron chi connectivity index (χ2n) is 5.25. The second kappa shape index (κ2) is 5.11. The maximum Gasteiger partial charge on any atom is 0.323 e. The summed E-state index contributed by atoms with van der Waals surface area (Å²) in [4.78, 5) is 12.1. The van der Waals surface area contributed by atoms with Crippen LogP contribution in [0.2, 0.25) is 0 Å². The fourth-order valence-electron chi connectivity index (χ4n) is 2.87. The molecule has 3 rings (SSSR count). The molecule has 0 radical (unpaired) electrons. The summed E-state index contributed by atoms with van der Waals surface area (Å²) in [7, 11) is 0. The maximum atomic E-state index is 12.1. The van der Waals surface area contributed by atoms with E-state index in [1.165, 1.54) is 24.0 Å². The van der Waals surface area contributed by atoms with Crippen LogP contribution in [0, 0.1) is 0 Å². The number of hydrogen-bond donors (Lipinski definition) is 1. The van der Waals surface area contributed by atoms with E-state index < -0.39 is 0 Å². The molecule has 1 atom stereocenters. The van der Waals surface area contributed by atoms with E-state index in [1.807, 2.05) is 12.1 Å². The van der Waals surface area contributed by atoms with E-state index in [0.717, 1.165) is 25.8 Å². The highest BCUT2D eigenvalue weighted by molar-refractivity contribution is 5.77. The van der Waals surface area contributed by atoms with Crippen molar-refractivity contribution in [2.45, 2.75) is 50.8 Å². The van der Waals surface area contributed by atoms with Gasteiger partial charge in [0.2, 0.25) is 0 Å². The number of benzene rings is 1. The molecule has 1 aliphatic heterocycles. The van der Waals surface area contributed by atoms with Crippen molar-refractivity contribution >= 4 is 5.97 Å². The zero-order valence-electron chi connectivity index (χ0n) is 10.5. The number of hydrogen-bond acceptors (Lipinski definition) is 3. The lowest BCUT2D eigenvalue weighted by atomic mass is 9.96. The third kappa shape index (κ3) is 2.41. The normalized spacial score (nSPS) is 23.7. The molecule has 1 aromatic rings. The standard InChI is InChI=1S/C15H19NO2/c17-15(18-13-7-3-4-8-13)14-9-11-5-1-2-6-12(11)10-16-14/h1-2,5-6,13-14,16H,3-4,7-10H2/t14-/m1/s1. The SMILES string of the molecule is O=C(OC1CCCC1)[C@H]1Cc2ccccc2CN1. The summed E-state index contributed by atoms with van der Waals surface area (Å²) in [5, 5.41) is 3.27. The molecule has 1 aromatic carbocycles. The second-order valence-corrected chi connectivity index (χ2v) is 5.25. The lowest BCUT2D eigenvalue weighted by Crippen LogP contribution is -2.43. The molecule has 3 nitrogen and oxygen atoms in total. The van der Waals surface area contributed by atoms with E-state index in [-0.39, 0.29) is 18.1 Å². The summed E-state index contributed by atoms with van der Waals surface area (Å²) in [6.45, 7) is 0.764. The number of fused-ring (bicyclic) bond motifs is 1. The topological polar surface area (TPSA) is 38.3 Å². The third-order valence-electron chi connectivity index (χ3n) is 3.95. The minimum Gasteiger partial charge on any atom is -0.461 e. The molecule has 0 saturated heterocycles. The summed E-state index contributed by atoms with van der Waals surface area (Å²) >= 11 is 0. The van der Waals surface area contributed by atoms with E-state index in [4.69, 9.17) is 4.74 Å². The van der Waals surface area contributed by atoms with E-state index in [1.54, 1.807) is 0 Å². The van der Waals surface area contributed by atoms with Gasteiger partial charge in [0.05, 0.1) is 0 Å². The van der Waals surface area contributed by atoms with Crippen molar-refractivity contribution in [1.29, 1.82) is 0 Å². The van der Waals surface area contributed by atoms with Gasteiger partial charge in [0.25, 0.3) is 0 Å². The number of esters is 1. The molecule has 0 amide bonds. The molecule has 18 heavy (non-hydrogen) atoms. The van der Waals surface area contributed by atoms with E-state index in [9.17, 15) is 4.79 Å². The van der Waals surface area contributed by atoms with Crippen LogP contribution >= 0.6 is 0 Å². The van der Waals surface area contributed by atoms with Gasteiger partial charge in [-0.2, -0.15) is 0 Å². The van der Waals surface area contributed by atoms with Crippen LogP contribution in [-0.2, 0) is 22.5 Å².